The Kier molecular flexibility index (Phi) is 5.20. The molecule has 7 heteroatoms. The maximum absolute atomic E-state index is 12.1. The average Bonchev–Trinajstić information content (AvgIpc) is 3.40. The maximum Gasteiger partial charge on any atom is 0.276 e. The topological polar surface area (TPSA) is 81.4 Å². The third kappa shape index (κ3) is 3.88. The molecule has 0 spiro atoms. The minimum Gasteiger partial charge on any atom is -0.381 e. The first-order valence-corrected chi connectivity index (χ1v) is 9.78. The normalized spacial score (nSPS) is 21.1. The van der Waals surface area contributed by atoms with Gasteiger partial charge in [-0.3, -0.25) is 9.78 Å². The number of carbonyl (C=O) groups is 1. The Labute approximate surface area is 159 Å². The van der Waals surface area contributed by atoms with E-state index in [1.807, 2.05) is 30.9 Å². The van der Waals surface area contributed by atoms with Crippen molar-refractivity contribution in [1.82, 2.24) is 20.0 Å². The Morgan fingerprint density at radius 1 is 1.22 bits per heavy atom. The van der Waals surface area contributed by atoms with Crippen LogP contribution in [0.1, 0.15) is 56.3 Å². The SMILES string of the molecule is CC(C)C(=O)N1CCC(c2noc(-c3cc(C4CCOC4)ccn3)n2)CC1. The van der Waals surface area contributed by atoms with Gasteiger partial charge in [0.25, 0.3) is 5.89 Å². The predicted octanol–water partition coefficient (Wildman–Crippen LogP) is 3.00. The second kappa shape index (κ2) is 7.76. The summed E-state index contributed by atoms with van der Waals surface area (Å²) >= 11 is 0. The van der Waals surface area contributed by atoms with Gasteiger partial charge in [0.1, 0.15) is 5.69 Å². The fraction of sp³-hybridized carbons (Fsp3) is 0.600. The average molecular weight is 370 g/mol. The summed E-state index contributed by atoms with van der Waals surface area (Å²) < 4.78 is 11.0. The molecule has 0 bridgehead atoms. The first-order chi connectivity index (χ1) is 13.1. The summed E-state index contributed by atoms with van der Waals surface area (Å²) in [5.74, 6) is 2.09. The van der Waals surface area contributed by atoms with Crippen molar-refractivity contribution in [2.45, 2.75) is 44.9 Å². The summed E-state index contributed by atoms with van der Waals surface area (Å²) in [5, 5.41) is 4.19. The number of amides is 1. The summed E-state index contributed by atoms with van der Waals surface area (Å²) in [5.41, 5.74) is 1.92. The molecule has 0 saturated carbocycles. The molecular weight excluding hydrogens is 344 g/mol. The summed E-state index contributed by atoms with van der Waals surface area (Å²) in [7, 11) is 0. The van der Waals surface area contributed by atoms with Crippen LogP contribution in [0.4, 0.5) is 0 Å². The molecule has 2 aliphatic heterocycles. The van der Waals surface area contributed by atoms with Crippen LogP contribution in [0.2, 0.25) is 0 Å². The zero-order valence-electron chi connectivity index (χ0n) is 15.9. The zero-order chi connectivity index (χ0) is 18.8. The zero-order valence-corrected chi connectivity index (χ0v) is 15.9. The van der Waals surface area contributed by atoms with Crippen LogP contribution in [0.5, 0.6) is 0 Å². The van der Waals surface area contributed by atoms with Gasteiger partial charge in [-0.15, -0.1) is 0 Å². The Hall–Kier alpha value is -2.28. The smallest absolute Gasteiger partial charge is 0.276 e. The van der Waals surface area contributed by atoms with Gasteiger partial charge < -0.3 is 14.2 Å². The molecule has 2 saturated heterocycles. The lowest BCUT2D eigenvalue weighted by Gasteiger charge is -2.31. The minimum atomic E-state index is 0.0435. The number of piperidine rings is 1. The lowest BCUT2D eigenvalue weighted by molar-refractivity contribution is -0.135. The number of aromatic nitrogens is 3. The Balaban J connectivity index is 1.43. The van der Waals surface area contributed by atoms with Gasteiger partial charge in [-0.2, -0.15) is 4.98 Å². The van der Waals surface area contributed by atoms with E-state index in [1.54, 1.807) is 6.20 Å². The largest absolute Gasteiger partial charge is 0.381 e. The first-order valence-electron chi connectivity index (χ1n) is 9.78. The van der Waals surface area contributed by atoms with Crippen molar-refractivity contribution in [3.8, 4) is 11.6 Å². The van der Waals surface area contributed by atoms with Crippen LogP contribution in [-0.4, -0.2) is 52.2 Å². The van der Waals surface area contributed by atoms with Crippen LogP contribution in [0, 0.1) is 5.92 Å². The lowest BCUT2D eigenvalue weighted by atomic mass is 9.95. The van der Waals surface area contributed by atoms with Crippen LogP contribution >= 0.6 is 0 Å². The van der Waals surface area contributed by atoms with Gasteiger partial charge in [0.15, 0.2) is 5.82 Å². The van der Waals surface area contributed by atoms with E-state index in [1.165, 1.54) is 5.56 Å². The molecule has 7 nitrogen and oxygen atoms in total. The number of ether oxygens (including phenoxy) is 1. The highest BCUT2D eigenvalue weighted by atomic mass is 16.5. The van der Waals surface area contributed by atoms with Crippen molar-refractivity contribution in [2.75, 3.05) is 26.3 Å². The minimum absolute atomic E-state index is 0.0435. The molecule has 144 valence electrons. The lowest BCUT2D eigenvalue weighted by Crippen LogP contribution is -2.40. The number of rotatable bonds is 4. The van der Waals surface area contributed by atoms with Gasteiger partial charge in [0.2, 0.25) is 5.91 Å². The number of nitrogens with zero attached hydrogens (tertiary/aromatic N) is 4. The molecule has 0 N–H and O–H groups in total. The van der Waals surface area contributed by atoms with Gasteiger partial charge in [0, 0.05) is 43.6 Å². The standard InChI is InChI=1S/C20H26N4O3/c1-13(2)20(25)24-8-4-14(5-9-24)18-22-19(27-23-18)17-11-15(3-7-21-17)16-6-10-26-12-16/h3,7,11,13-14,16H,4-6,8-10,12H2,1-2H3. The Morgan fingerprint density at radius 2 is 2.04 bits per heavy atom. The number of carbonyl (C=O) groups excluding carboxylic acids is 1. The molecule has 2 fully saturated rings. The van der Waals surface area contributed by atoms with E-state index in [0.29, 0.717) is 17.5 Å². The summed E-state index contributed by atoms with van der Waals surface area (Å²) in [6.07, 6.45) is 4.56. The fourth-order valence-corrected chi connectivity index (χ4v) is 3.84. The summed E-state index contributed by atoms with van der Waals surface area (Å²) in [4.78, 5) is 23.1. The number of pyridine rings is 1. The van der Waals surface area contributed by atoms with Crippen molar-refractivity contribution in [3.63, 3.8) is 0 Å². The van der Waals surface area contributed by atoms with Gasteiger partial charge in [-0.05, 0) is 37.0 Å². The van der Waals surface area contributed by atoms with Gasteiger partial charge in [0.05, 0.1) is 6.61 Å². The van der Waals surface area contributed by atoms with Crippen molar-refractivity contribution >= 4 is 5.91 Å². The molecule has 2 aromatic rings. The quantitative estimate of drug-likeness (QED) is 0.823. The highest BCUT2D eigenvalue weighted by Gasteiger charge is 2.28. The van der Waals surface area contributed by atoms with E-state index < -0.39 is 0 Å². The van der Waals surface area contributed by atoms with Gasteiger partial charge in [-0.1, -0.05) is 19.0 Å². The molecule has 2 aliphatic rings. The monoisotopic (exact) mass is 370 g/mol. The molecule has 2 aromatic heterocycles. The molecule has 0 aromatic carbocycles. The highest BCUT2D eigenvalue weighted by Crippen LogP contribution is 2.30. The molecule has 1 atom stereocenters. The third-order valence-electron chi connectivity index (χ3n) is 5.51. The highest BCUT2D eigenvalue weighted by molar-refractivity contribution is 5.78. The van der Waals surface area contributed by atoms with E-state index in [2.05, 4.69) is 15.1 Å². The molecule has 4 rings (SSSR count). The van der Waals surface area contributed by atoms with E-state index >= 15 is 0 Å². The third-order valence-corrected chi connectivity index (χ3v) is 5.51. The first kappa shape index (κ1) is 18.1. The molecule has 27 heavy (non-hydrogen) atoms. The number of hydrogen-bond donors (Lipinski definition) is 0. The molecule has 4 heterocycles. The molecule has 1 amide bonds. The second-order valence-corrected chi connectivity index (χ2v) is 7.75. The molecular formula is C20H26N4O3. The molecule has 0 aliphatic carbocycles. The number of likely N-dealkylation sites (tertiary alicyclic amines) is 1. The van der Waals surface area contributed by atoms with Crippen LogP contribution in [0.3, 0.4) is 0 Å². The molecule has 0 radical (unpaired) electrons. The van der Waals surface area contributed by atoms with Gasteiger partial charge in [-0.25, -0.2) is 0 Å². The van der Waals surface area contributed by atoms with Crippen molar-refractivity contribution in [2.24, 2.45) is 5.92 Å². The van der Waals surface area contributed by atoms with Crippen molar-refractivity contribution in [3.05, 3.63) is 29.7 Å². The van der Waals surface area contributed by atoms with Crippen LogP contribution in [0.25, 0.3) is 11.6 Å². The number of hydrogen-bond acceptors (Lipinski definition) is 6. The van der Waals surface area contributed by atoms with Crippen LogP contribution < -0.4 is 0 Å². The van der Waals surface area contributed by atoms with Gasteiger partial charge >= 0.3 is 0 Å². The fourth-order valence-electron chi connectivity index (χ4n) is 3.84. The van der Waals surface area contributed by atoms with E-state index in [4.69, 9.17) is 9.26 Å². The molecule has 1 unspecified atom stereocenters. The Bertz CT molecular complexity index is 790. The summed E-state index contributed by atoms with van der Waals surface area (Å²) in [6, 6.07) is 4.06. The Morgan fingerprint density at radius 3 is 2.74 bits per heavy atom. The van der Waals surface area contributed by atoms with E-state index in [0.717, 1.165) is 51.4 Å². The predicted molar refractivity (Wildman–Crippen MR) is 99.1 cm³/mol. The van der Waals surface area contributed by atoms with Crippen LogP contribution in [0.15, 0.2) is 22.9 Å². The maximum atomic E-state index is 12.1. The van der Waals surface area contributed by atoms with Crippen LogP contribution in [-0.2, 0) is 9.53 Å². The summed E-state index contributed by atoms with van der Waals surface area (Å²) in [6.45, 7) is 6.95. The van der Waals surface area contributed by atoms with E-state index in [-0.39, 0.29) is 17.7 Å². The van der Waals surface area contributed by atoms with E-state index in [9.17, 15) is 4.79 Å². The van der Waals surface area contributed by atoms with Crippen molar-refractivity contribution < 1.29 is 14.1 Å². The van der Waals surface area contributed by atoms with Crippen molar-refractivity contribution in [1.29, 1.82) is 0 Å². The second-order valence-electron chi connectivity index (χ2n) is 7.75.